The van der Waals surface area contributed by atoms with Gasteiger partial charge in [0.2, 0.25) is 0 Å². The molecule has 1 spiro atoms. The molecule has 0 amide bonds. The maximum Gasteiger partial charge on any atom is 0.123 e. The SMILES string of the molecule is Nc1ccc(N2CCC3(CC2)CC3)cn1. The third kappa shape index (κ3) is 1.66. The van der Waals surface area contributed by atoms with Crippen LogP contribution in [0, 0.1) is 5.41 Å². The van der Waals surface area contributed by atoms with Crippen LogP contribution in [0.1, 0.15) is 25.7 Å². The lowest BCUT2D eigenvalue weighted by Crippen LogP contribution is -2.34. The first-order valence-corrected chi connectivity index (χ1v) is 5.74. The molecule has 0 atom stereocenters. The van der Waals surface area contributed by atoms with E-state index in [2.05, 4.69) is 16.0 Å². The summed E-state index contributed by atoms with van der Waals surface area (Å²) in [5.41, 5.74) is 7.55. The molecule has 0 bridgehead atoms. The van der Waals surface area contributed by atoms with E-state index in [0.29, 0.717) is 5.82 Å². The fourth-order valence-corrected chi connectivity index (χ4v) is 2.50. The molecule has 1 saturated carbocycles. The van der Waals surface area contributed by atoms with Crippen molar-refractivity contribution >= 4 is 11.5 Å². The van der Waals surface area contributed by atoms with Crippen LogP contribution in [-0.4, -0.2) is 18.1 Å². The Hall–Kier alpha value is -1.25. The van der Waals surface area contributed by atoms with Gasteiger partial charge < -0.3 is 10.6 Å². The van der Waals surface area contributed by atoms with Crippen LogP contribution in [0.5, 0.6) is 0 Å². The van der Waals surface area contributed by atoms with E-state index in [4.69, 9.17) is 5.73 Å². The minimum absolute atomic E-state index is 0.606. The van der Waals surface area contributed by atoms with Crippen LogP contribution < -0.4 is 10.6 Å². The highest BCUT2D eigenvalue weighted by molar-refractivity contribution is 5.48. The fourth-order valence-electron chi connectivity index (χ4n) is 2.50. The first-order chi connectivity index (χ1) is 7.27. The Labute approximate surface area is 90.3 Å². The number of hydrogen-bond acceptors (Lipinski definition) is 3. The topological polar surface area (TPSA) is 42.1 Å². The van der Waals surface area contributed by atoms with E-state index in [9.17, 15) is 0 Å². The van der Waals surface area contributed by atoms with Gasteiger partial charge in [0.15, 0.2) is 0 Å². The number of nitrogens with zero attached hydrogens (tertiary/aromatic N) is 2. The first kappa shape index (κ1) is 9.01. The molecule has 1 aromatic heterocycles. The van der Waals surface area contributed by atoms with E-state index in [0.717, 1.165) is 5.41 Å². The van der Waals surface area contributed by atoms with Crippen molar-refractivity contribution in [2.75, 3.05) is 23.7 Å². The monoisotopic (exact) mass is 203 g/mol. The second-order valence-electron chi connectivity index (χ2n) is 4.93. The van der Waals surface area contributed by atoms with E-state index >= 15 is 0 Å². The van der Waals surface area contributed by atoms with Crippen molar-refractivity contribution in [3.05, 3.63) is 18.3 Å². The Morgan fingerprint density at radius 2 is 1.87 bits per heavy atom. The summed E-state index contributed by atoms with van der Waals surface area (Å²) in [7, 11) is 0. The molecule has 1 aliphatic carbocycles. The Morgan fingerprint density at radius 3 is 2.40 bits per heavy atom. The highest BCUT2D eigenvalue weighted by atomic mass is 15.1. The Balaban J connectivity index is 1.70. The largest absolute Gasteiger partial charge is 0.384 e. The van der Waals surface area contributed by atoms with Crippen molar-refractivity contribution in [1.82, 2.24) is 4.98 Å². The Kier molecular flexibility index (Phi) is 1.87. The van der Waals surface area contributed by atoms with Gasteiger partial charge in [-0.05, 0) is 43.2 Å². The molecule has 0 aromatic carbocycles. The number of aromatic nitrogens is 1. The predicted octanol–water partition coefficient (Wildman–Crippen LogP) is 2.04. The average molecular weight is 203 g/mol. The van der Waals surface area contributed by atoms with E-state index < -0.39 is 0 Å². The normalized spacial score (nSPS) is 23.1. The maximum atomic E-state index is 5.58. The summed E-state index contributed by atoms with van der Waals surface area (Å²) >= 11 is 0. The highest BCUT2D eigenvalue weighted by Crippen LogP contribution is 2.53. The third-order valence-electron chi connectivity index (χ3n) is 3.92. The summed E-state index contributed by atoms with van der Waals surface area (Å²) in [6.07, 6.45) is 7.52. The minimum Gasteiger partial charge on any atom is -0.384 e. The summed E-state index contributed by atoms with van der Waals surface area (Å²) in [6.45, 7) is 2.37. The second kappa shape index (κ2) is 3.12. The molecule has 80 valence electrons. The summed E-state index contributed by atoms with van der Waals surface area (Å²) in [4.78, 5) is 6.57. The molecule has 3 nitrogen and oxygen atoms in total. The van der Waals surface area contributed by atoms with E-state index in [-0.39, 0.29) is 0 Å². The maximum absolute atomic E-state index is 5.58. The molecule has 15 heavy (non-hydrogen) atoms. The van der Waals surface area contributed by atoms with E-state index in [1.54, 1.807) is 0 Å². The van der Waals surface area contributed by atoms with E-state index in [1.807, 2.05) is 12.3 Å². The van der Waals surface area contributed by atoms with Gasteiger partial charge in [0.25, 0.3) is 0 Å². The van der Waals surface area contributed by atoms with Crippen LogP contribution >= 0.6 is 0 Å². The third-order valence-corrected chi connectivity index (χ3v) is 3.92. The molecule has 1 aromatic rings. The predicted molar refractivity (Wildman–Crippen MR) is 61.8 cm³/mol. The van der Waals surface area contributed by atoms with Gasteiger partial charge in [0, 0.05) is 13.1 Å². The van der Waals surface area contributed by atoms with E-state index in [1.165, 1.54) is 44.5 Å². The van der Waals surface area contributed by atoms with Crippen LogP contribution in [0.4, 0.5) is 11.5 Å². The smallest absolute Gasteiger partial charge is 0.123 e. The lowest BCUT2D eigenvalue weighted by Gasteiger charge is -2.33. The average Bonchev–Trinajstić information content (AvgIpc) is 3.01. The number of anilines is 2. The summed E-state index contributed by atoms with van der Waals surface area (Å²) < 4.78 is 0. The zero-order valence-electron chi connectivity index (χ0n) is 8.95. The van der Waals surface area contributed by atoms with Gasteiger partial charge in [-0.15, -0.1) is 0 Å². The molecule has 0 unspecified atom stereocenters. The summed E-state index contributed by atoms with van der Waals surface area (Å²) in [6, 6.07) is 3.96. The van der Waals surface area contributed by atoms with Gasteiger partial charge in [-0.25, -0.2) is 4.98 Å². The standard InChI is InChI=1S/C12H17N3/c13-11-2-1-10(9-14-11)15-7-5-12(3-4-12)6-8-15/h1-2,9H,3-8H2,(H2,13,14). The van der Waals surface area contributed by atoms with Gasteiger partial charge >= 0.3 is 0 Å². The number of pyridine rings is 1. The number of rotatable bonds is 1. The molecule has 0 radical (unpaired) electrons. The number of piperidine rings is 1. The van der Waals surface area contributed by atoms with Crippen molar-refractivity contribution in [3.63, 3.8) is 0 Å². The van der Waals surface area contributed by atoms with Crippen molar-refractivity contribution in [2.45, 2.75) is 25.7 Å². The molecule has 2 heterocycles. The zero-order chi connectivity index (χ0) is 10.3. The van der Waals surface area contributed by atoms with Crippen LogP contribution in [0.3, 0.4) is 0 Å². The van der Waals surface area contributed by atoms with Crippen molar-refractivity contribution in [1.29, 1.82) is 0 Å². The lowest BCUT2D eigenvalue weighted by molar-refractivity contribution is 0.384. The molecule has 2 N–H and O–H groups in total. The lowest BCUT2D eigenvalue weighted by atomic mass is 9.93. The number of nitrogen functional groups attached to an aromatic ring is 1. The van der Waals surface area contributed by atoms with Gasteiger partial charge in [0.1, 0.15) is 5.82 Å². The number of hydrogen-bond donors (Lipinski definition) is 1. The highest BCUT2D eigenvalue weighted by Gasteiger charge is 2.44. The number of nitrogens with two attached hydrogens (primary N) is 1. The van der Waals surface area contributed by atoms with Crippen LogP contribution in [0.25, 0.3) is 0 Å². The van der Waals surface area contributed by atoms with Crippen LogP contribution in [-0.2, 0) is 0 Å². The quantitative estimate of drug-likeness (QED) is 0.759. The van der Waals surface area contributed by atoms with Crippen molar-refractivity contribution < 1.29 is 0 Å². The molecular weight excluding hydrogens is 186 g/mol. The summed E-state index contributed by atoms with van der Waals surface area (Å²) in [5.74, 6) is 0.606. The first-order valence-electron chi connectivity index (χ1n) is 5.74. The van der Waals surface area contributed by atoms with Crippen LogP contribution in [0.15, 0.2) is 18.3 Å². The van der Waals surface area contributed by atoms with Gasteiger partial charge in [-0.1, -0.05) is 0 Å². The van der Waals surface area contributed by atoms with Gasteiger partial charge in [0.05, 0.1) is 11.9 Å². The molecule has 2 fully saturated rings. The second-order valence-corrected chi connectivity index (χ2v) is 4.93. The molecule has 3 rings (SSSR count). The molecule has 1 aliphatic heterocycles. The Morgan fingerprint density at radius 1 is 1.13 bits per heavy atom. The summed E-state index contributed by atoms with van der Waals surface area (Å²) in [5, 5.41) is 0. The van der Waals surface area contributed by atoms with Crippen LogP contribution in [0.2, 0.25) is 0 Å². The molecule has 2 aliphatic rings. The zero-order valence-corrected chi connectivity index (χ0v) is 8.95. The molecule has 1 saturated heterocycles. The van der Waals surface area contributed by atoms with Crippen molar-refractivity contribution in [2.24, 2.45) is 5.41 Å². The molecule has 3 heteroatoms. The van der Waals surface area contributed by atoms with Gasteiger partial charge in [-0.2, -0.15) is 0 Å². The van der Waals surface area contributed by atoms with Gasteiger partial charge in [-0.3, -0.25) is 0 Å². The van der Waals surface area contributed by atoms with Crippen molar-refractivity contribution in [3.8, 4) is 0 Å². The fraction of sp³-hybridized carbons (Fsp3) is 0.583. The molecular formula is C12H17N3. The minimum atomic E-state index is 0.606. The Bertz CT molecular complexity index is 344.